The predicted octanol–water partition coefficient (Wildman–Crippen LogP) is 3.52. The number of carbonyl (C=O) groups excluding carboxylic acids is 1. The van der Waals surface area contributed by atoms with E-state index in [1.807, 2.05) is 26.8 Å². The molecule has 3 aliphatic heterocycles. The summed E-state index contributed by atoms with van der Waals surface area (Å²) in [5.74, 6) is 0.162. The molecule has 0 aliphatic carbocycles. The van der Waals surface area contributed by atoms with Gasteiger partial charge in [0.1, 0.15) is 28.7 Å². The van der Waals surface area contributed by atoms with Gasteiger partial charge in [0, 0.05) is 17.2 Å². The number of hydrogen-bond acceptors (Lipinski definition) is 6. The van der Waals surface area contributed by atoms with Crippen molar-refractivity contribution in [2.24, 2.45) is 5.73 Å². The van der Waals surface area contributed by atoms with E-state index in [-0.39, 0.29) is 34.6 Å². The van der Waals surface area contributed by atoms with Crippen LogP contribution >= 0.6 is 0 Å². The average molecular weight is 431 g/mol. The molecule has 2 N–H and O–H groups in total. The van der Waals surface area contributed by atoms with Gasteiger partial charge in [-0.05, 0) is 50.7 Å². The first-order valence-electron chi connectivity index (χ1n) is 10.8. The van der Waals surface area contributed by atoms with Crippen molar-refractivity contribution in [1.29, 1.82) is 5.26 Å². The van der Waals surface area contributed by atoms with Crippen molar-refractivity contribution in [2.75, 3.05) is 4.90 Å². The van der Waals surface area contributed by atoms with E-state index in [4.69, 9.17) is 14.9 Å². The van der Waals surface area contributed by atoms with E-state index in [2.05, 4.69) is 19.1 Å². The Morgan fingerprint density at radius 2 is 2.00 bits per heavy atom. The molecule has 1 amide bonds. The molecule has 7 heteroatoms. The van der Waals surface area contributed by atoms with Gasteiger partial charge in [0.15, 0.2) is 5.41 Å². The summed E-state index contributed by atoms with van der Waals surface area (Å²) in [5, 5.41) is 10.2. The highest BCUT2D eigenvalue weighted by Crippen LogP contribution is 2.60. The van der Waals surface area contributed by atoms with E-state index < -0.39 is 16.6 Å². The highest BCUT2D eigenvalue weighted by molar-refractivity contribution is 6.16. The highest BCUT2D eigenvalue weighted by Gasteiger charge is 2.64. The molecule has 0 saturated carbocycles. The molecule has 32 heavy (non-hydrogen) atoms. The van der Waals surface area contributed by atoms with Gasteiger partial charge in [-0.3, -0.25) is 4.79 Å². The Morgan fingerprint density at radius 1 is 1.28 bits per heavy atom. The maximum Gasteiger partial charge on any atom is 0.344 e. The van der Waals surface area contributed by atoms with Crippen LogP contribution in [0.1, 0.15) is 68.0 Å². The van der Waals surface area contributed by atoms with Gasteiger partial charge in [0.2, 0.25) is 11.8 Å². The molecule has 7 nitrogen and oxygen atoms in total. The van der Waals surface area contributed by atoms with Crippen molar-refractivity contribution >= 4 is 11.6 Å². The van der Waals surface area contributed by atoms with E-state index in [1.54, 1.807) is 17.9 Å². The van der Waals surface area contributed by atoms with Crippen molar-refractivity contribution in [1.82, 2.24) is 0 Å². The Kier molecular flexibility index (Phi) is 3.98. The van der Waals surface area contributed by atoms with Crippen LogP contribution in [0.5, 0.6) is 5.75 Å². The summed E-state index contributed by atoms with van der Waals surface area (Å²) in [6, 6.07) is 7.72. The number of ether oxygens (including phenoxy) is 1. The minimum absolute atomic E-state index is 0.0205. The zero-order valence-corrected chi connectivity index (χ0v) is 18.8. The van der Waals surface area contributed by atoms with Gasteiger partial charge in [-0.2, -0.15) is 5.26 Å². The van der Waals surface area contributed by atoms with Crippen LogP contribution in [0.4, 0.5) is 5.69 Å². The van der Waals surface area contributed by atoms with E-state index in [1.165, 1.54) is 0 Å². The zero-order chi connectivity index (χ0) is 23.2. The zero-order valence-electron chi connectivity index (χ0n) is 18.8. The van der Waals surface area contributed by atoms with Crippen LogP contribution in [0.25, 0.3) is 0 Å². The van der Waals surface area contributed by atoms with Gasteiger partial charge >= 0.3 is 5.63 Å². The van der Waals surface area contributed by atoms with Gasteiger partial charge in [-0.15, -0.1) is 0 Å². The molecule has 0 radical (unpaired) electrons. The van der Waals surface area contributed by atoms with Crippen LogP contribution in [0.2, 0.25) is 0 Å². The summed E-state index contributed by atoms with van der Waals surface area (Å²) in [5.41, 5.74) is 6.70. The Hall–Kier alpha value is -3.53. The third kappa shape index (κ3) is 2.24. The van der Waals surface area contributed by atoms with Crippen LogP contribution in [-0.4, -0.2) is 11.4 Å². The van der Waals surface area contributed by atoms with Gasteiger partial charge < -0.3 is 19.8 Å². The molecule has 4 heterocycles. The lowest BCUT2D eigenvalue weighted by Crippen LogP contribution is -2.55. The summed E-state index contributed by atoms with van der Waals surface area (Å²) in [7, 11) is 0. The number of amides is 1. The Morgan fingerprint density at radius 3 is 2.66 bits per heavy atom. The van der Waals surface area contributed by atoms with E-state index in [0.29, 0.717) is 11.3 Å². The lowest BCUT2D eigenvalue weighted by Gasteiger charge is -2.44. The predicted molar refractivity (Wildman–Crippen MR) is 118 cm³/mol. The first-order valence-corrected chi connectivity index (χ1v) is 10.8. The van der Waals surface area contributed by atoms with Crippen LogP contribution in [-0.2, 0) is 16.6 Å². The maximum absolute atomic E-state index is 14.4. The Bertz CT molecular complexity index is 1340. The first kappa shape index (κ1) is 20.4. The second-order valence-electron chi connectivity index (χ2n) is 9.58. The number of fused-ring (bicyclic) bond motifs is 3. The Labute approximate surface area is 186 Å². The van der Waals surface area contributed by atoms with E-state index in [9.17, 15) is 14.9 Å². The molecule has 0 saturated heterocycles. The van der Waals surface area contributed by atoms with Crippen molar-refractivity contribution in [2.45, 2.75) is 64.3 Å². The first-order chi connectivity index (χ1) is 15.1. The number of anilines is 1. The minimum atomic E-state index is -1.70. The molecule has 0 fully saturated rings. The monoisotopic (exact) mass is 431 g/mol. The Balaban J connectivity index is 2.02. The fourth-order valence-corrected chi connectivity index (χ4v) is 5.85. The van der Waals surface area contributed by atoms with Crippen molar-refractivity contribution < 1.29 is 13.9 Å². The maximum atomic E-state index is 14.4. The number of hydrogen-bond donors (Lipinski definition) is 1. The van der Waals surface area contributed by atoms with Gasteiger partial charge in [-0.1, -0.05) is 26.0 Å². The fourth-order valence-electron chi connectivity index (χ4n) is 5.85. The van der Waals surface area contributed by atoms with E-state index in [0.717, 1.165) is 29.7 Å². The van der Waals surface area contributed by atoms with Gasteiger partial charge in [-0.25, -0.2) is 4.79 Å². The average Bonchev–Trinajstić information content (AvgIpc) is 2.95. The summed E-state index contributed by atoms with van der Waals surface area (Å²) in [6.07, 6.45) is 1.50. The van der Waals surface area contributed by atoms with Crippen LogP contribution in [0.15, 0.2) is 38.9 Å². The quantitative estimate of drug-likeness (QED) is 0.740. The number of nitrogens with zero attached hydrogens (tertiary/aromatic N) is 2. The molecule has 3 aliphatic rings. The fraction of sp³-hybridized carbons (Fsp3) is 0.400. The van der Waals surface area contributed by atoms with Crippen LogP contribution in [0, 0.1) is 18.3 Å². The summed E-state index contributed by atoms with van der Waals surface area (Å²) >= 11 is 0. The summed E-state index contributed by atoms with van der Waals surface area (Å²) in [4.78, 5) is 29.5. The molecule has 2 aromatic rings. The molecule has 164 valence electrons. The SMILES string of the molecule is CCc1cc2c3c(c1)[C@@]1(C(=O)N3C(C)(C)C[C@H]2C)C(C#N)=C(N)Oc2cc(C)oc(=O)c21. The number of benzene rings is 1. The third-order valence-corrected chi connectivity index (χ3v) is 7.07. The van der Waals surface area contributed by atoms with Crippen molar-refractivity contribution in [3.05, 3.63) is 68.1 Å². The van der Waals surface area contributed by atoms with Gasteiger partial charge in [0.25, 0.3) is 0 Å². The second-order valence-corrected chi connectivity index (χ2v) is 9.58. The molecule has 5 rings (SSSR count). The molecule has 0 unspecified atom stereocenters. The van der Waals surface area contributed by atoms with Crippen LogP contribution < -0.4 is 21.0 Å². The topological polar surface area (TPSA) is 110 Å². The third-order valence-electron chi connectivity index (χ3n) is 7.07. The van der Waals surface area contributed by atoms with Crippen molar-refractivity contribution in [3.8, 4) is 11.8 Å². The lowest BCUT2D eigenvalue weighted by molar-refractivity contribution is -0.122. The lowest BCUT2D eigenvalue weighted by atomic mass is 9.68. The number of carbonyl (C=O) groups is 1. The number of rotatable bonds is 1. The van der Waals surface area contributed by atoms with E-state index >= 15 is 0 Å². The van der Waals surface area contributed by atoms with Crippen molar-refractivity contribution in [3.63, 3.8) is 0 Å². The largest absolute Gasteiger partial charge is 0.440 e. The van der Waals surface area contributed by atoms with Gasteiger partial charge in [0.05, 0.1) is 5.69 Å². The number of aryl methyl sites for hydroxylation is 2. The molecule has 0 bridgehead atoms. The molecular weight excluding hydrogens is 406 g/mol. The highest BCUT2D eigenvalue weighted by atomic mass is 16.5. The molecule has 2 atom stereocenters. The molecular formula is C25H25N3O4. The second kappa shape index (κ2) is 6.26. The smallest absolute Gasteiger partial charge is 0.344 e. The standard InChI is InChI=1S/C25H25N3O4/c1-6-14-8-15-12(2)10-24(4,5)28-20(15)16(9-14)25(23(28)30)17(11-26)21(27)32-18-7-13(3)31-22(29)19(18)25/h7-9,12H,6,10,27H2,1-5H3/t12-,25-/m1/s1. The molecule has 1 spiro atoms. The van der Waals surface area contributed by atoms with Crippen LogP contribution in [0.3, 0.4) is 0 Å². The summed E-state index contributed by atoms with van der Waals surface area (Å²) < 4.78 is 11.1. The molecule has 1 aromatic heterocycles. The summed E-state index contributed by atoms with van der Waals surface area (Å²) in [6.45, 7) is 9.84. The normalized spacial score (nSPS) is 24.8. The number of nitrogens with two attached hydrogens (primary N) is 1. The minimum Gasteiger partial charge on any atom is -0.440 e. The molecule has 1 aromatic carbocycles. The number of nitriles is 1.